The number of aliphatic hydroxyl groups is 1. The quantitative estimate of drug-likeness (QED) is 0.734. The molecule has 1 rings (SSSR count). The lowest BCUT2D eigenvalue weighted by atomic mass is 10.1. The normalized spacial score (nSPS) is 29.2. The molecule has 70 valence electrons. The zero-order valence-corrected chi connectivity index (χ0v) is 8.27. The predicted octanol–water partition coefficient (Wildman–Crippen LogP) is 1.82. The zero-order valence-electron chi connectivity index (χ0n) is 7.45. The molecule has 2 unspecified atom stereocenters. The van der Waals surface area contributed by atoms with E-state index in [4.69, 9.17) is 5.11 Å². The summed E-state index contributed by atoms with van der Waals surface area (Å²) in [6.07, 6.45) is 4.36. The zero-order chi connectivity index (χ0) is 8.97. The molecule has 2 nitrogen and oxygen atoms in total. The van der Waals surface area contributed by atoms with Crippen LogP contribution in [0.4, 0.5) is 0 Å². The van der Waals surface area contributed by atoms with E-state index in [1.54, 1.807) is 6.92 Å². The number of carbonyl (C=O) groups excluding carboxylic acids is 1. The molecule has 0 aromatic rings. The van der Waals surface area contributed by atoms with E-state index in [9.17, 15) is 4.79 Å². The lowest BCUT2D eigenvalue weighted by Gasteiger charge is -2.07. The van der Waals surface area contributed by atoms with Crippen LogP contribution in [0.5, 0.6) is 0 Å². The first-order valence-electron chi connectivity index (χ1n) is 4.50. The summed E-state index contributed by atoms with van der Waals surface area (Å²) in [5, 5.41) is 9.47. The van der Waals surface area contributed by atoms with Crippen molar-refractivity contribution in [2.75, 3.05) is 6.61 Å². The van der Waals surface area contributed by atoms with Gasteiger partial charge < -0.3 is 5.11 Å². The van der Waals surface area contributed by atoms with Gasteiger partial charge in [-0.3, -0.25) is 4.79 Å². The van der Waals surface area contributed by atoms with E-state index in [0.29, 0.717) is 17.8 Å². The summed E-state index contributed by atoms with van der Waals surface area (Å²) in [4.78, 5) is 10.8. The average molecular weight is 188 g/mol. The Hall–Kier alpha value is -0.0200. The third-order valence-electron chi connectivity index (χ3n) is 2.36. The van der Waals surface area contributed by atoms with Crippen LogP contribution in [0.2, 0.25) is 0 Å². The second kappa shape index (κ2) is 4.87. The summed E-state index contributed by atoms with van der Waals surface area (Å²) < 4.78 is 0. The standard InChI is InChI=1S/C9H16O2S/c1-7(11)12-9-3-2-8(6-9)4-5-10/h8-10H,2-6H2,1H3. The molecule has 1 aliphatic carbocycles. The van der Waals surface area contributed by atoms with Crippen LogP contribution in [-0.2, 0) is 4.79 Å². The molecule has 0 aromatic carbocycles. The summed E-state index contributed by atoms with van der Waals surface area (Å²) in [6, 6.07) is 0. The number of carbonyl (C=O) groups is 1. The van der Waals surface area contributed by atoms with E-state index in [1.165, 1.54) is 18.2 Å². The van der Waals surface area contributed by atoms with Gasteiger partial charge in [-0.25, -0.2) is 0 Å². The number of rotatable bonds is 3. The highest BCUT2D eigenvalue weighted by Gasteiger charge is 2.25. The smallest absolute Gasteiger partial charge is 0.186 e. The maximum Gasteiger partial charge on any atom is 0.186 e. The summed E-state index contributed by atoms with van der Waals surface area (Å²) in [5.41, 5.74) is 0. The highest BCUT2D eigenvalue weighted by atomic mass is 32.2. The van der Waals surface area contributed by atoms with Crippen LogP contribution in [0.25, 0.3) is 0 Å². The minimum atomic E-state index is 0.227. The molecule has 1 N–H and O–H groups in total. The Kier molecular flexibility index (Phi) is 4.09. The van der Waals surface area contributed by atoms with E-state index < -0.39 is 0 Å². The molecule has 1 aliphatic rings. The second-order valence-electron chi connectivity index (χ2n) is 3.42. The molecule has 0 aromatic heterocycles. The summed E-state index contributed by atoms with van der Waals surface area (Å²) in [6.45, 7) is 1.92. The van der Waals surface area contributed by atoms with Crippen LogP contribution < -0.4 is 0 Å². The maximum atomic E-state index is 10.8. The minimum Gasteiger partial charge on any atom is -0.396 e. The van der Waals surface area contributed by atoms with Crippen molar-refractivity contribution in [1.82, 2.24) is 0 Å². The van der Waals surface area contributed by atoms with Crippen molar-refractivity contribution >= 4 is 16.9 Å². The van der Waals surface area contributed by atoms with Crippen LogP contribution in [0.1, 0.15) is 32.6 Å². The summed E-state index contributed by atoms with van der Waals surface area (Å²) in [7, 11) is 0. The van der Waals surface area contributed by atoms with Crippen molar-refractivity contribution in [1.29, 1.82) is 0 Å². The average Bonchev–Trinajstić information content (AvgIpc) is 2.36. The largest absolute Gasteiger partial charge is 0.396 e. The van der Waals surface area contributed by atoms with Gasteiger partial charge in [-0.05, 0) is 31.6 Å². The van der Waals surface area contributed by atoms with Crippen LogP contribution in [0, 0.1) is 5.92 Å². The SMILES string of the molecule is CC(=O)SC1CCC(CCO)C1. The van der Waals surface area contributed by atoms with Gasteiger partial charge in [0.2, 0.25) is 0 Å². The van der Waals surface area contributed by atoms with Gasteiger partial charge in [0.25, 0.3) is 0 Å². The van der Waals surface area contributed by atoms with Gasteiger partial charge in [0, 0.05) is 18.8 Å². The molecule has 2 atom stereocenters. The van der Waals surface area contributed by atoms with Crippen molar-refractivity contribution in [2.24, 2.45) is 5.92 Å². The lowest BCUT2D eigenvalue weighted by molar-refractivity contribution is -0.109. The van der Waals surface area contributed by atoms with Gasteiger partial charge in [0.1, 0.15) is 0 Å². The molecule has 0 amide bonds. The highest BCUT2D eigenvalue weighted by molar-refractivity contribution is 8.14. The lowest BCUT2D eigenvalue weighted by Crippen LogP contribution is -2.02. The Bertz CT molecular complexity index is 159. The van der Waals surface area contributed by atoms with E-state index in [0.717, 1.165) is 19.3 Å². The monoisotopic (exact) mass is 188 g/mol. The molecule has 0 spiro atoms. The van der Waals surface area contributed by atoms with Crippen molar-refractivity contribution < 1.29 is 9.90 Å². The Morgan fingerprint density at radius 1 is 1.58 bits per heavy atom. The maximum absolute atomic E-state index is 10.8. The molecule has 12 heavy (non-hydrogen) atoms. The fourth-order valence-corrected chi connectivity index (χ4v) is 2.91. The fourth-order valence-electron chi connectivity index (χ4n) is 1.82. The third-order valence-corrected chi connectivity index (χ3v) is 3.46. The van der Waals surface area contributed by atoms with Gasteiger partial charge in [0.15, 0.2) is 5.12 Å². The minimum absolute atomic E-state index is 0.227. The molecule has 1 fully saturated rings. The first-order chi connectivity index (χ1) is 5.72. The first kappa shape index (κ1) is 10.1. The van der Waals surface area contributed by atoms with Gasteiger partial charge in [-0.2, -0.15) is 0 Å². The Morgan fingerprint density at radius 3 is 2.92 bits per heavy atom. The van der Waals surface area contributed by atoms with Crippen molar-refractivity contribution in [2.45, 2.75) is 37.9 Å². The Labute approximate surface area is 77.7 Å². The topological polar surface area (TPSA) is 37.3 Å². The molecule has 0 radical (unpaired) electrons. The molecule has 0 aliphatic heterocycles. The van der Waals surface area contributed by atoms with Crippen LogP contribution in [-0.4, -0.2) is 22.1 Å². The molecule has 0 heterocycles. The van der Waals surface area contributed by atoms with Gasteiger partial charge in [-0.1, -0.05) is 11.8 Å². The first-order valence-corrected chi connectivity index (χ1v) is 5.38. The number of hydrogen-bond acceptors (Lipinski definition) is 3. The van der Waals surface area contributed by atoms with E-state index in [2.05, 4.69) is 0 Å². The molecule has 0 bridgehead atoms. The number of hydrogen-bond donors (Lipinski definition) is 1. The molecular formula is C9H16O2S. The van der Waals surface area contributed by atoms with Gasteiger partial charge >= 0.3 is 0 Å². The fraction of sp³-hybridized carbons (Fsp3) is 0.889. The third kappa shape index (κ3) is 3.15. The molecule has 0 saturated heterocycles. The predicted molar refractivity (Wildman–Crippen MR) is 51.1 cm³/mol. The van der Waals surface area contributed by atoms with Crippen LogP contribution >= 0.6 is 11.8 Å². The Morgan fingerprint density at radius 2 is 2.33 bits per heavy atom. The molecule has 3 heteroatoms. The van der Waals surface area contributed by atoms with E-state index in [1.807, 2.05) is 0 Å². The van der Waals surface area contributed by atoms with Crippen LogP contribution in [0.15, 0.2) is 0 Å². The van der Waals surface area contributed by atoms with Crippen LogP contribution in [0.3, 0.4) is 0 Å². The van der Waals surface area contributed by atoms with Crippen molar-refractivity contribution in [3.63, 3.8) is 0 Å². The number of aliphatic hydroxyl groups excluding tert-OH is 1. The van der Waals surface area contributed by atoms with Gasteiger partial charge in [-0.15, -0.1) is 0 Å². The number of thioether (sulfide) groups is 1. The van der Waals surface area contributed by atoms with Gasteiger partial charge in [0.05, 0.1) is 0 Å². The van der Waals surface area contributed by atoms with Crippen molar-refractivity contribution in [3.05, 3.63) is 0 Å². The van der Waals surface area contributed by atoms with Crippen molar-refractivity contribution in [3.8, 4) is 0 Å². The second-order valence-corrected chi connectivity index (χ2v) is 4.90. The van der Waals surface area contributed by atoms with E-state index in [-0.39, 0.29) is 5.12 Å². The highest BCUT2D eigenvalue weighted by Crippen LogP contribution is 2.35. The molecular weight excluding hydrogens is 172 g/mol. The summed E-state index contributed by atoms with van der Waals surface area (Å²) in [5.74, 6) is 0.659. The van der Waals surface area contributed by atoms with E-state index >= 15 is 0 Å². The summed E-state index contributed by atoms with van der Waals surface area (Å²) >= 11 is 1.47. The molecule has 1 saturated carbocycles. The Balaban J connectivity index is 2.21.